The van der Waals surface area contributed by atoms with E-state index in [1.807, 2.05) is 29.3 Å². The summed E-state index contributed by atoms with van der Waals surface area (Å²) in [7, 11) is 0. The molecule has 1 saturated carbocycles. The van der Waals surface area contributed by atoms with Crippen molar-refractivity contribution in [1.82, 2.24) is 19.8 Å². The van der Waals surface area contributed by atoms with E-state index in [0.717, 1.165) is 74.4 Å². The van der Waals surface area contributed by atoms with E-state index in [1.165, 1.54) is 30.4 Å². The number of rotatable bonds is 3. The van der Waals surface area contributed by atoms with Crippen LogP contribution in [0.1, 0.15) is 52.0 Å². The molecule has 6 heteroatoms. The van der Waals surface area contributed by atoms with Gasteiger partial charge in [-0.1, -0.05) is 12.5 Å². The van der Waals surface area contributed by atoms with Gasteiger partial charge in [-0.25, -0.2) is 9.97 Å². The molecule has 0 N–H and O–H groups in total. The molecule has 3 aliphatic rings. The highest BCUT2D eigenvalue weighted by Crippen LogP contribution is 2.26. The fraction of sp³-hybridized carbons (Fsp3) is 0.560. The second kappa shape index (κ2) is 8.58. The van der Waals surface area contributed by atoms with Crippen molar-refractivity contribution in [2.45, 2.75) is 52.0 Å². The molecule has 2 fully saturated rings. The highest BCUT2D eigenvalue weighted by Gasteiger charge is 2.29. The van der Waals surface area contributed by atoms with Gasteiger partial charge in [0.05, 0.1) is 5.69 Å². The van der Waals surface area contributed by atoms with Gasteiger partial charge in [-0.2, -0.15) is 0 Å². The largest absolute Gasteiger partial charge is 0.338 e. The van der Waals surface area contributed by atoms with E-state index >= 15 is 0 Å². The minimum atomic E-state index is 0.121. The predicted octanol–water partition coefficient (Wildman–Crippen LogP) is 3.01. The summed E-state index contributed by atoms with van der Waals surface area (Å²) < 4.78 is 0. The molecule has 1 aliphatic carbocycles. The average Bonchev–Trinajstić information content (AvgIpc) is 2.97. The van der Waals surface area contributed by atoms with Gasteiger partial charge in [0.1, 0.15) is 0 Å². The lowest BCUT2D eigenvalue weighted by Crippen LogP contribution is -2.52. The van der Waals surface area contributed by atoms with Crippen LogP contribution in [0.2, 0.25) is 0 Å². The zero-order valence-electron chi connectivity index (χ0n) is 18.8. The maximum absolute atomic E-state index is 13.1. The summed E-state index contributed by atoms with van der Waals surface area (Å²) in [5.41, 5.74) is 5.47. The molecule has 31 heavy (non-hydrogen) atoms. The van der Waals surface area contributed by atoms with E-state index in [-0.39, 0.29) is 5.91 Å². The van der Waals surface area contributed by atoms with Crippen molar-refractivity contribution in [3.63, 3.8) is 0 Å². The molecule has 164 valence electrons. The number of piperazine rings is 1. The van der Waals surface area contributed by atoms with Crippen molar-refractivity contribution in [3.8, 4) is 0 Å². The van der Waals surface area contributed by atoms with E-state index in [0.29, 0.717) is 6.54 Å². The van der Waals surface area contributed by atoms with Gasteiger partial charge in [-0.15, -0.1) is 0 Å². The number of carbonyl (C=O) groups is 1. The second-order valence-electron chi connectivity index (χ2n) is 9.34. The first-order chi connectivity index (χ1) is 15.1. The first kappa shape index (κ1) is 20.4. The van der Waals surface area contributed by atoms with Crippen LogP contribution >= 0.6 is 0 Å². The standard InChI is InChI=1S/C25H33N5O/c1-18-6-7-20(16-19(18)2)24(31)29-10-8-21-17-26-25(27-23(21)9-11-29)30-14-12-28(13-15-30)22-4-3-5-22/h6-7,16-17,22H,3-5,8-15H2,1-2H3. The Morgan fingerprint density at radius 1 is 0.968 bits per heavy atom. The first-order valence-electron chi connectivity index (χ1n) is 11.8. The number of hydrogen-bond acceptors (Lipinski definition) is 5. The average molecular weight is 420 g/mol. The van der Waals surface area contributed by atoms with Gasteiger partial charge in [0.25, 0.3) is 5.91 Å². The van der Waals surface area contributed by atoms with Crippen LogP contribution in [0, 0.1) is 13.8 Å². The van der Waals surface area contributed by atoms with Crippen molar-refractivity contribution < 1.29 is 4.79 Å². The second-order valence-corrected chi connectivity index (χ2v) is 9.34. The molecule has 3 heterocycles. The van der Waals surface area contributed by atoms with Crippen LogP contribution in [0.5, 0.6) is 0 Å². The summed E-state index contributed by atoms with van der Waals surface area (Å²) >= 11 is 0. The van der Waals surface area contributed by atoms with Gasteiger partial charge in [-0.3, -0.25) is 9.69 Å². The molecule has 0 bridgehead atoms. The Labute approximate surface area is 185 Å². The highest BCUT2D eigenvalue weighted by atomic mass is 16.2. The number of amides is 1. The van der Waals surface area contributed by atoms with Gasteiger partial charge < -0.3 is 9.80 Å². The van der Waals surface area contributed by atoms with E-state index in [4.69, 9.17) is 9.97 Å². The predicted molar refractivity (Wildman–Crippen MR) is 123 cm³/mol. The number of fused-ring (bicyclic) bond motifs is 1. The number of benzene rings is 1. The highest BCUT2D eigenvalue weighted by molar-refractivity contribution is 5.94. The molecule has 6 nitrogen and oxygen atoms in total. The Hall–Kier alpha value is -2.47. The van der Waals surface area contributed by atoms with Crippen LogP contribution in [0.25, 0.3) is 0 Å². The molecule has 5 rings (SSSR count). The minimum absolute atomic E-state index is 0.121. The molecule has 0 atom stereocenters. The maximum Gasteiger partial charge on any atom is 0.253 e. The van der Waals surface area contributed by atoms with Crippen molar-refractivity contribution in [2.24, 2.45) is 0 Å². The van der Waals surface area contributed by atoms with Crippen molar-refractivity contribution in [1.29, 1.82) is 0 Å². The van der Waals surface area contributed by atoms with E-state index in [2.05, 4.69) is 23.6 Å². The number of carbonyl (C=O) groups excluding carboxylic acids is 1. The Kier molecular flexibility index (Phi) is 5.65. The molecule has 0 unspecified atom stereocenters. The maximum atomic E-state index is 13.1. The van der Waals surface area contributed by atoms with Crippen LogP contribution in [-0.4, -0.2) is 71.0 Å². The fourth-order valence-corrected chi connectivity index (χ4v) is 4.92. The number of aromatic nitrogens is 2. The van der Waals surface area contributed by atoms with E-state index < -0.39 is 0 Å². The van der Waals surface area contributed by atoms with Crippen LogP contribution in [0.3, 0.4) is 0 Å². The summed E-state index contributed by atoms with van der Waals surface area (Å²) in [4.78, 5) is 29.7. The lowest BCUT2D eigenvalue weighted by molar-refractivity contribution is 0.0763. The quantitative estimate of drug-likeness (QED) is 0.766. The van der Waals surface area contributed by atoms with Gasteiger partial charge in [-0.05, 0) is 61.9 Å². The Morgan fingerprint density at radius 2 is 1.74 bits per heavy atom. The molecule has 1 saturated heterocycles. The van der Waals surface area contributed by atoms with Crippen LogP contribution in [0.4, 0.5) is 5.95 Å². The van der Waals surface area contributed by atoms with Crippen molar-refractivity contribution >= 4 is 11.9 Å². The van der Waals surface area contributed by atoms with Crippen molar-refractivity contribution in [3.05, 3.63) is 52.3 Å². The minimum Gasteiger partial charge on any atom is -0.338 e. The van der Waals surface area contributed by atoms with Crippen molar-refractivity contribution in [2.75, 3.05) is 44.2 Å². The van der Waals surface area contributed by atoms with Gasteiger partial charge in [0, 0.05) is 63.5 Å². The Morgan fingerprint density at radius 3 is 2.45 bits per heavy atom. The van der Waals surface area contributed by atoms with Gasteiger partial charge in [0.2, 0.25) is 5.95 Å². The van der Waals surface area contributed by atoms with Gasteiger partial charge >= 0.3 is 0 Å². The zero-order chi connectivity index (χ0) is 21.4. The molecule has 1 amide bonds. The summed E-state index contributed by atoms with van der Waals surface area (Å²) in [5.74, 6) is 0.983. The number of nitrogens with zero attached hydrogens (tertiary/aromatic N) is 5. The van der Waals surface area contributed by atoms with Crippen LogP contribution in [0.15, 0.2) is 24.4 Å². The third-order valence-corrected chi connectivity index (χ3v) is 7.44. The molecule has 0 spiro atoms. The van der Waals surface area contributed by atoms with Gasteiger partial charge in [0.15, 0.2) is 0 Å². The molecular weight excluding hydrogens is 386 g/mol. The SMILES string of the molecule is Cc1ccc(C(=O)N2CCc3cnc(N4CCN(C5CCC5)CC4)nc3CC2)cc1C. The lowest BCUT2D eigenvalue weighted by atomic mass is 9.91. The smallest absolute Gasteiger partial charge is 0.253 e. The number of aryl methyl sites for hydroxylation is 2. The zero-order valence-corrected chi connectivity index (χ0v) is 18.8. The topological polar surface area (TPSA) is 52.6 Å². The fourth-order valence-electron chi connectivity index (χ4n) is 4.92. The summed E-state index contributed by atoms with van der Waals surface area (Å²) in [6.45, 7) is 9.82. The molecule has 2 aromatic rings. The number of hydrogen-bond donors (Lipinski definition) is 0. The third-order valence-electron chi connectivity index (χ3n) is 7.44. The third kappa shape index (κ3) is 4.18. The Balaban J connectivity index is 1.24. The summed E-state index contributed by atoms with van der Waals surface area (Å²) in [6.07, 6.45) is 7.74. The van der Waals surface area contributed by atoms with Crippen LogP contribution in [-0.2, 0) is 12.8 Å². The molecule has 1 aromatic heterocycles. The molecule has 2 aliphatic heterocycles. The first-order valence-corrected chi connectivity index (χ1v) is 11.8. The van der Waals surface area contributed by atoms with E-state index in [1.54, 1.807) is 0 Å². The summed E-state index contributed by atoms with van der Waals surface area (Å²) in [6, 6.07) is 6.81. The monoisotopic (exact) mass is 419 g/mol. The summed E-state index contributed by atoms with van der Waals surface area (Å²) in [5, 5.41) is 0. The van der Waals surface area contributed by atoms with E-state index in [9.17, 15) is 4.79 Å². The molecular formula is C25H33N5O. The Bertz CT molecular complexity index is 962. The molecule has 0 radical (unpaired) electrons. The molecule has 1 aromatic carbocycles. The normalized spacial score (nSPS) is 20.2. The number of anilines is 1. The van der Waals surface area contributed by atoms with Crippen LogP contribution < -0.4 is 4.90 Å². The lowest BCUT2D eigenvalue weighted by Gasteiger charge is -2.43.